The van der Waals surface area contributed by atoms with Gasteiger partial charge in [-0.2, -0.15) is 13.2 Å². The average Bonchev–Trinajstić information content (AvgIpc) is 2.65. The van der Waals surface area contributed by atoms with Gasteiger partial charge in [-0.15, -0.1) is 0 Å². The van der Waals surface area contributed by atoms with Gasteiger partial charge in [-0.1, -0.05) is 18.2 Å². The molecule has 0 aliphatic carbocycles. The van der Waals surface area contributed by atoms with Crippen molar-refractivity contribution in [2.24, 2.45) is 0 Å². The molecule has 0 aliphatic heterocycles. The summed E-state index contributed by atoms with van der Waals surface area (Å²) in [6.45, 7) is -1.07. The first-order chi connectivity index (χ1) is 12.8. The van der Waals surface area contributed by atoms with Gasteiger partial charge in [0.05, 0.1) is 5.56 Å². The molecule has 6 nitrogen and oxygen atoms in total. The number of carbonyl (C=O) groups is 3. The number of nitrogens with one attached hydrogen (secondary N) is 2. The van der Waals surface area contributed by atoms with E-state index in [9.17, 15) is 27.6 Å². The molecule has 0 spiro atoms. The van der Waals surface area contributed by atoms with E-state index in [1.54, 1.807) is 30.3 Å². The lowest BCUT2D eigenvalue weighted by molar-refractivity contribution is -0.146. The van der Waals surface area contributed by atoms with Gasteiger partial charge in [-0.3, -0.25) is 14.4 Å². The van der Waals surface area contributed by atoms with Crippen LogP contribution in [-0.4, -0.2) is 30.9 Å². The summed E-state index contributed by atoms with van der Waals surface area (Å²) in [6, 6.07) is 12.0. The number of halogens is 3. The van der Waals surface area contributed by atoms with Gasteiger partial charge in [-0.25, -0.2) is 0 Å². The van der Waals surface area contributed by atoms with Crippen LogP contribution in [-0.2, 0) is 20.5 Å². The quantitative estimate of drug-likeness (QED) is 0.755. The molecule has 0 saturated carbocycles. The molecule has 2 rings (SSSR count). The number of esters is 1. The number of carbonyl (C=O) groups excluding carboxylic acids is 3. The molecule has 0 heterocycles. The summed E-state index contributed by atoms with van der Waals surface area (Å²) in [6.07, 6.45) is -4.47. The van der Waals surface area contributed by atoms with Gasteiger partial charge < -0.3 is 15.4 Å². The molecule has 0 aromatic heterocycles. The third kappa shape index (κ3) is 6.46. The van der Waals surface area contributed by atoms with E-state index in [1.165, 1.54) is 0 Å². The highest BCUT2D eigenvalue weighted by atomic mass is 19.4. The third-order valence-electron chi connectivity index (χ3n) is 3.29. The van der Waals surface area contributed by atoms with E-state index in [2.05, 4.69) is 10.6 Å². The van der Waals surface area contributed by atoms with Gasteiger partial charge in [0, 0.05) is 11.3 Å². The SMILES string of the molecule is O=C(COC(=O)CNC(=O)c1ccccc1)Nc1ccc(C(F)(F)F)cc1. The molecule has 0 aliphatic rings. The molecule has 0 fully saturated rings. The molecule has 0 saturated heterocycles. The minimum absolute atomic E-state index is 0.126. The molecule has 2 amide bonds. The molecule has 0 bridgehead atoms. The lowest BCUT2D eigenvalue weighted by Gasteiger charge is -2.09. The number of ether oxygens (including phenoxy) is 1. The molecule has 2 aromatic carbocycles. The Bertz CT molecular complexity index is 806. The van der Waals surface area contributed by atoms with E-state index in [4.69, 9.17) is 4.74 Å². The van der Waals surface area contributed by atoms with Crippen molar-refractivity contribution in [3.63, 3.8) is 0 Å². The first kappa shape index (κ1) is 20.0. The maximum absolute atomic E-state index is 12.5. The zero-order valence-corrected chi connectivity index (χ0v) is 13.9. The van der Waals surface area contributed by atoms with Crippen LogP contribution in [0.3, 0.4) is 0 Å². The topological polar surface area (TPSA) is 84.5 Å². The summed E-state index contributed by atoms with van der Waals surface area (Å²) >= 11 is 0. The van der Waals surface area contributed by atoms with Crippen LogP contribution in [0.25, 0.3) is 0 Å². The number of hydrogen-bond donors (Lipinski definition) is 2. The van der Waals surface area contributed by atoms with Gasteiger partial charge in [-0.05, 0) is 36.4 Å². The van der Waals surface area contributed by atoms with Crippen molar-refractivity contribution in [1.82, 2.24) is 5.32 Å². The van der Waals surface area contributed by atoms with Crippen molar-refractivity contribution in [1.29, 1.82) is 0 Å². The summed E-state index contributed by atoms with van der Waals surface area (Å²) in [5.41, 5.74) is -0.354. The summed E-state index contributed by atoms with van der Waals surface area (Å²) in [5, 5.41) is 4.64. The molecule has 2 aromatic rings. The zero-order valence-electron chi connectivity index (χ0n) is 13.9. The Kier molecular flexibility index (Phi) is 6.53. The van der Waals surface area contributed by atoms with Gasteiger partial charge in [0.15, 0.2) is 6.61 Å². The van der Waals surface area contributed by atoms with Crippen molar-refractivity contribution >= 4 is 23.5 Å². The number of amides is 2. The number of benzene rings is 2. The van der Waals surface area contributed by atoms with Crippen molar-refractivity contribution in [3.05, 3.63) is 65.7 Å². The first-order valence-corrected chi connectivity index (χ1v) is 7.71. The zero-order chi connectivity index (χ0) is 19.9. The summed E-state index contributed by atoms with van der Waals surface area (Å²) in [7, 11) is 0. The second-order valence-corrected chi connectivity index (χ2v) is 5.33. The Morgan fingerprint density at radius 3 is 2.15 bits per heavy atom. The van der Waals surface area contributed by atoms with Crippen LogP contribution in [0.1, 0.15) is 15.9 Å². The minimum atomic E-state index is -4.47. The number of rotatable bonds is 6. The largest absolute Gasteiger partial charge is 0.454 e. The predicted octanol–water partition coefficient (Wildman–Crippen LogP) is 2.62. The van der Waals surface area contributed by atoms with Crippen molar-refractivity contribution < 1.29 is 32.3 Å². The third-order valence-corrected chi connectivity index (χ3v) is 3.29. The fraction of sp³-hybridized carbons (Fsp3) is 0.167. The van der Waals surface area contributed by atoms with Gasteiger partial charge >= 0.3 is 12.1 Å². The number of anilines is 1. The highest BCUT2D eigenvalue weighted by Crippen LogP contribution is 2.29. The normalized spacial score (nSPS) is 10.8. The van der Waals surface area contributed by atoms with Crippen LogP contribution in [0.15, 0.2) is 54.6 Å². The Morgan fingerprint density at radius 2 is 1.56 bits per heavy atom. The second kappa shape index (κ2) is 8.84. The van der Waals surface area contributed by atoms with Gasteiger partial charge in [0.2, 0.25) is 0 Å². The van der Waals surface area contributed by atoms with Crippen molar-refractivity contribution in [2.45, 2.75) is 6.18 Å². The van der Waals surface area contributed by atoms with E-state index in [1.807, 2.05) is 0 Å². The maximum atomic E-state index is 12.5. The lowest BCUT2D eigenvalue weighted by Crippen LogP contribution is -2.32. The monoisotopic (exact) mass is 380 g/mol. The summed E-state index contributed by atoms with van der Waals surface area (Å²) in [5.74, 6) is -2.03. The van der Waals surface area contributed by atoms with Crippen LogP contribution in [0.5, 0.6) is 0 Å². The molecule has 0 radical (unpaired) electrons. The molecule has 142 valence electrons. The molecular formula is C18H15F3N2O4. The minimum Gasteiger partial charge on any atom is -0.454 e. The van der Waals surface area contributed by atoms with Crippen LogP contribution in [0.4, 0.5) is 18.9 Å². The molecule has 0 unspecified atom stereocenters. The van der Waals surface area contributed by atoms with E-state index in [0.29, 0.717) is 5.56 Å². The number of alkyl halides is 3. The first-order valence-electron chi connectivity index (χ1n) is 7.71. The highest BCUT2D eigenvalue weighted by Gasteiger charge is 2.30. The van der Waals surface area contributed by atoms with E-state index >= 15 is 0 Å². The lowest BCUT2D eigenvalue weighted by atomic mass is 10.2. The number of hydrogen-bond acceptors (Lipinski definition) is 4. The van der Waals surface area contributed by atoms with Gasteiger partial charge in [0.1, 0.15) is 6.54 Å². The van der Waals surface area contributed by atoms with E-state index in [-0.39, 0.29) is 5.69 Å². The van der Waals surface area contributed by atoms with Crippen LogP contribution >= 0.6 is 0 Å². The smallest absolute Gasteiger partial charge is 0.416 e. The van der Waals surface area contributed by atoms with Gasteiger partial charge in [0.25, 0.3) is 11.8 Å². The van der Waals surface area contributed by atoms with Crippen LogP contribution in [0, 0.1) is 0 Å². The Balaban J connectivity index is 1.73. The molecule has 27 heavy (non-hydrogen) atoms. The highest BCUT2D eigenvalue weighted by molar-refractivity contribution is 5.96. The summed E-state index contributed by atoms with van der Waals surface area (Å²) in [4.78, 5) is 35.0. The van der Waals surface area contributed by atoms with E-state index < -0.39 is 42.7 Å². The van der Waals surface area contributed by atoms with Crippen molar-refractivity contribution in [2.75, 3.05) is 18.5 Å². The second-order valence-electron chi connectivity index (χ2n) is 5.33. The fourth-order valence-electron chi connectivity index (χ4n) is 1.98. The maximum Gasteiger partial charge on any atom is 0.416 e. The Morgan fingerprint density at radius 1 is 0.926 bits per heavy atom. The molecule has 2 N–H and O–H groups in total. The Labute approximate surface area is 152 Å². The van der Waals surface area contributed by atoms with Crippen LogP contribution in [0.2, 0.25) is 0 Å². The Hall–Kier alpha value is -3.36. The molecule has 9 heteroatoms. The average molecular weight is 380 g/mol. The summed E-state index contributed by atoms with van der Waals surface area (Å²) < 4.78 is 42.1. The fourth-order valence-corrected chi connectivity index (χ4v) is 1.98. The van der Waals surface area contributed by atoms with Crippen LogP contribution < -0.4 is 10.6 Å². The van der Waals surface area contributed by atoms with Crippen molar-refractivity contribution in [3.8, 4) is 0 Å². The van der Waals surface area contributed by atoms with E-state index in [0.717, 1.165) is 24.3 Å². The molecular weight excluding hydrogens is 365 g/mol. The predicted molar refractivity (Wildman–Crippen MR) is 89.8 cm³/mol. The molecule has 0 atom stereocenters. The standard InChI is InChI=1S/C18H15F3N2O4/c19-18(20,21)13-6-8-14(9-7-13)23-15(24)11-27-16(25)10-22-17(26)12-4-2-1-3-5-12/h1-9H,10-11H2,(H,22,26)(H,23,24).